The third-order valence-electron chi connectivity index (χ3n) is 3.34. The number of rotatable bonds is 4. The monoisotopic (exact) mass is 379 g/mol. The molecule has 1 aromatic rings. The number of piperidine rings is 1. The first-order valence-electron chi connectivity index (χ1n) is 6.54. The summed E-state index contributed by atoms with van der Waals surface area (Å²) in [6, 6.07) is 5.14. The van der Waals surface area contributed by atoms with Gasteiger partial charge in [-0.3, -0.25) is 4.79 Å². The number of benzene rings is 1. The standard InChI is InChI=1S/C14H16BrCl2NO2/c15-6-9-20-10-4-7-18(8-5-10)14(19)11-2-1-3-12(16)13(11)17/h1-3,10H,4-9H2. The Balaban J connectivity index is 1.96. The molecule has 0 atom stereocenters. The molecule has 1 heterocycles. The predicted octanol–water partition coefficient (Wildman–Crippen LogP) is 4.01. The SMILES string of the molecule is O=C(c1cccc(Cl)c1Cl)N1CCC(OCCBr)CC1. The molecule has 0 spiro atoms. The van der Waals surface area contributed by atoms with Crippen LogP contribution in [0.2, 0.25) is 10.0 Å². The number of carbonyl (C=O) groups is 1. The number of hydrogen-bond donors (Lipinski definition) is 0. The fourth-order valence-corrected chi connectivity index (χ4v) is 2.84. The van der Waals surface area contributed by atoms with Crippen LogP contribution >= 0.6 is 39.1 Å². The Morgan fingerprint density at radius 3 is 2.70 bits per heavy atom. The number of likely N-dealkylation sites (tertiary alicyclic amines) is 1. The van der Waals surface area contributed by atoms with Gasteiger partial charge in [-0.2, -0.15) is 0 Å². The van der Waals surface area contributed by atoms with E-state index in [-0.39, 0.29) is 12.0 Å². The number of carbonyl (C=O) groups excluding carboxylic acids is 1. The van der Waals surface area contributed by atoms with E-state index in [1.165, 1.54) is 0 Å². The van der Waals surface area contributed by atoms with E-state index in [1.807, 2.05) is 4.90 Å². The molecule has 0 N–H and O–H groups in total. The lowest BCUT2D eigenvalue weighted by Gasteiger charge is -2.32. The van der Waals surface area contributed by atoms with Gasteiger partial charge >= 0.3 is 0 Å². The van der Waals surface area contributed by atoms with Crippen molar-refractivity contribution < 1.29 is 9.53 Å². The largest absolute Gasteiger partial charge is 0.377 e. The number of halogens is 3. The van der Waals surface area contributed by atoms with Crippen LogP contribution in [0.1, 0.15) is 23.2 Å². The molecule has 1 saturated heterocycles. The normalized spacial score (nSPS) is 16.4. The van der Waals surface area contributed by atoms with E-state index in [9.17, 15) is 4.79 Å². The Labute approximate surface area is 137 Å². The van der Waals surface area contributed by atoms with Gasteiger partial charge in [-0.15, -0.1) is 0 Å². The summed E-state index contributed by atoms with van der Waals surface area (Å²) in [6.07, 6.45) is 1.96. The summed E-state index contributed by atoms with van der Waals surface area (Å²) in [4.78, 5) is 14.2. The molecule has 1 aliphatic heterocycles. The van der Waals surface area contributed by atoms with Gasteiger partial charge in [0.15, 0.2) is 0 Å². The quantitative estimate of drug-likeness (QED) is 0.738. The highest BCUT2D eigenvalue weighted by molar-refractivity contribution is 9.09. The Morgan fingerprint density at radius 2 is 2.05 bits per heavy atom. The van der Waals surface area contributed by atoms with Gasteiger partial charge in [-0.1, -0.05) is 45.2 Å². The number of amides is 1. The molecule has 0 saturated carbocycles. The predicted molar refractivity (Wildman–Crippen MR) is 85.1 cm³/mol. The summed E-state index contributed by atoms with van der Waals surface area (Å²) >= 11 is 15.4. The number of alkyl halides is 1. The van der Waals surface area contributed by atoms with E-state index in [2.05, 4.69) is 15.9 Å². The van der Waals surface area contributed by atoms with Gasteiger partial charge < -0.3 is 9.64 Å². The van der Waals surface area contributed by atoms with Crippen LogP contribution in [0.25, 0.3) is 0 Å². The molecule has 2 rings (SSSR count). The van der Waals surface area contributed by atoms with Crippen LogP contribution in [-0.2, 0) is 4.74 Å². The van der Waals surface area contributed by atoms with Gasteiger partial charge in [-0.25, -0.2) is 0 Å². The fraction of sp³-hybridized carbons (Fsp3) is 0.500. The smallest absolute Gasteiger partial charge is 0.255 e. The minimum Gasteiger partial charge on any atom is -0.377 e. The van der Waals surface area contributed by atoms with Crippen molar-refractivity contribution in [1.82, 2.24) is 4.90 Å². The second-order valence-electron chi connectivity index (χ2n) is 4.65. The summed E-state index contributed by atoms with van der Waals surface area (Å²) in [5.74, 6) is -0.0589. The maximum absolute atomic E-state index is 12.4. The average Bonchev–Trinajstić information content (AvgIpc) is 2.48. The zero-order valence-corrected chi connectivity index (χ0v) is 14.0. The summed E-state index contributed by atoms with van der Waals surface area (Å²) in [7, 11) is 0. The van der Waals surface area contributed by atoms with Gasteiger partial charge in [0.2, 0.25) is 0 Å². The molecular formula is C14H16BrCl2NO2. The number of ether oxygens (including phenoxy) is 1. The van der Waals surface area contributed by atoms with Crippen LogP contribution < -0.4 is 0 Å². The van der Waals surface area contributed by atoms with E-state index >= 15 is 0 Å². The van der Waals surface area contributed by atoms with Crippen LogP contribution in [0.4, 0.5) is 0 Å². The van der Waals surface area contributed by atoms with Crippen molar-refractivity contribution in [2.75, 3.05) is 25.0 Å². The average molecular weight is 381 g/mol. The number of nitrogens with zero attached hydrogens (tertiary/aromatic N) is 1. The zero-order valence-electron chi connectivity index (χ0n) is 10.9. The van der Waals surface area contributed by atoms with Crippen molar-refractivity contribution >= 4 is 45.0 Å². The van der Waals surface area contributed by atoms with Gasteiger partial charge in [0.05, 0.1) is 28.3 Å². The molecule has 0 bridgehead atoms. The topological polar surface area (TPSA) is 29.5 Å². The number of hydrogen-bond acceptors (Lipinski definition) is 2. The van der Waals surface area contributed by atoms with Gasteiger partial charge in [0.1, 0.15) is 0 Å². The molecule has 1 amide bonds. The van der Waals surface area contributed by atoms with Crippen molar-refractivity contribution in [3.05, 3.63) is 33.8 Å². The highest BCUT2D eigenvalue weighted by Crippen LogP contribution is 2.27. The van der Waals surface area contributed by atoms with Crippen LogP contribution in [0.3, 0.4) is 0 Å². The van der Waals surface area contributed by atoms with E-state index in [0.29, 0.717) is 35.3 Å². The Kier molecular flexibility index (Phi) is 6.15. The Hall–Kier alpha value is -0.290. The third-order valence-corrected chi connectivity index (χ3v) is 4.48. The van der Waals surface area contributed by atoms with E-state index in [0.717, 1.165) is 18.2 Å². The zero-order chi connectivity index (χ0) is 14.5. The molecule has 1 fully saturated rings. The maximum atomic E-state index is 12.4. The van der Waals surface area contributed by atoms with Gasteiger partial charge in [0.25, 0.3) is 5.91 Å². The summed E-state index contributed by atoms with van der Waals surface area (Å²) in [6.45, 7) is 2.09. The van der Waals surface area contributed by atoms with Crippen molar-refractivity contribution in [2.24, 2.45) is 0 Å². The van der Waals surface area contributed by atoms with Crippen LogP contribution in [0.5, 0.6) is 0 Å². The molecule has 6 heteroatoms. The molecule has 0 aromatic heterocycles. The third kappa shape index (κ3) is 3.88. The van der Waals surface area contributed by atoms with Crippen LogP contribution in [0.15, 0.2) is 18.2 Å². The highest BCUT2D eigenvalue weighted by Gasteiger charge is 2.25. The van der Waals surface area contributed by atoms with E-state index < -0.39 is 0 Å². The Bertz CT molecular complexity index is 476. The molecule has 0 unspecified atom stereocenters. The molecule has 1 aliphatic rings. The van der Waals surface area contributed by atoms with Crippen molar-refractivity contribution in [3.8, 4) is 0 Å². The first-order valence-corrected chi connectivity index (χ1v) is 8.42. The minimum atomic E-state index is -0.0589. The summed E-state index contributed by atoms with van der Waals surface area (Å²) in [5.41, 5.74) is 0.471. The maximum Gasteiger partial charge on any atom is 0.255 e. The lowest BCUT2D eigenvalue weighted by Crippen LogP contribution is -2.41. The molecular weight excluding hydrogens is 365 g/mol. The molecule has 0 radical (unpaired) electrons. The molecule has 0 aliphatic carbocycles. The summed E-state index contributed by atoms with van der Waals surface area (Å²) < 4.78 is 5.68. The van der Waals surface area contributed by atoms with Crippen LogP contribution in [-0.4, -0.2) is 41.9 Å². The first kappa shape index (κ1) is 16.1. The second kappa shape index (κ2) is 7.64. The van der Waals surface area contributed by atoms with Crippen molar-refractivity contribution in [1.29, 1.82) is 0 Å². The minimum absolute atomic E-state index is 0.0589. The highest BCUT2D eigenvalue weighted by atomic mass is 79.9. The first-order chi connectivity index (χ1) is 9.63. The second-order valence-corrected chi connectivity index (χ2v) is 6.23. The molecule has 3 nitrogen and oxygen atoms in total. The molecule has 110 valence electrons. The van der Waals surface area contributed by atoms with E-state index in [4.69, 9.17) is 27.9 Å². The lowest BCUT2D eigenvalue weighted by molar-refractivity contribution is 0.0160. The summed E-state index contributed by atoms with van der Waals surface area (Å²) in [5, 5.41) is 1.58. The lowest BCUT2D eigenvalue weighted by atomic mass is 10.1. The van der Waals surface area contributed by atoms with Gasteiger partial charge in [0, 0.05) is 18.4 Å². The van der Waals surface area contributed by atoms with Gasteiger partial charge in [-0.05, 0) is 25.0 Å². The van der Waals surface area contributed by atoms with Crippen molar-refractivity contribution in [3.63, 3.8) is 0 Å². The molecule has 1 aromatic carbocycles. The Morgan fingerprint density at radius 1 is 1.35 bits per heavy atom. The van der Waals surface area contributed by atoms with E-state index in [1.54, 1.807) is 18.2 Å². The fourth-order valence-electron chi connectivity index (χ4n) is 2.28. The van der Waals surface area contributed by atoms with Crippen molar-refractivity contribution in [2.45, 2.75) is 18.9 Å². The molecule has 20 heavy (non-hydrogen) atoms. The van der Waals surface area contributed by atoms with Crippen LogP contribution in [0, 0.1) is 0 Å².